The van der Waals surface area contributed by atoms with Crippen LogP contribution in [0.3, 0.4) is 0 Å². The van der Waals surface area contributed by atoms with E-state index in [1.54, 1.807) is 29.1 Å². The van der Waals surface area contributed by atoms with Crippen LogP contribution in [0.2, 0.25) is 0 Å². The minimum atomic E-state index is -0.356. The van der Waals surface area contributed by atoms with E-state index in [9.17, 15) is 4.79 Å². The molecule has 0 radical (unpaired) electrons. The van der Waals surface area contributed by atoms with E-state index in [0.29, 0.717) is 17.3 Å². The average Bonchev–Trinajstić information content (AvgIpc) is 3.03. The van der Waals surface area contributed by atoms with E-state index >= 15 is 0 Å². The highest BCUT2D eigenvalue weighted by Crippen LogP contribution is 2.19. The van der Waals surface area contributed by atoms with Crippen LogP contribution in [0.1, 0.15) is 33.3 Å². The van der Waals surface area contributed by atoms with Gasteiger partial charge in [-0.05, 0) is 75.7 Å². The number of amides is 1. The highest BCUT2D eigenvalue weighted by atomic mass is 16.2. The van der Waals surface area contributed by atoms with Gasteiger partial charge in [-0.25, -0.2) is 14.6 Å². The van der Waals surface area contributed by atoms with Gasteiger partial charge in [0.1, 0.15) is 0 Å². The lowest BCUT2D eigenvalue weighted by Crippen LogP contribution is -2.15. The summed E-state index contributed by atoms with van der Waals surface area (Å²) in [6.07, 6.45) is 1.56. The molecule has 9 heteroatoms. The van der Waals surface area contributed by atoms with E-state index in [2.05, 4.69) is 35.9 Å². The summed E-state index contributed by atoms with van der Waals surface area (Å²) in [6.45, 7) is 7.83. The molecule has 4 aromatic rings. The van der Waals surface area contributed by atoms with Crippen LogP contribution in [-0.2, 0) is 0 Å². The molecule has 0 saturated carbocycles. The van der Waals surface area contributed by atoms with Gasteiger partial charge < -0.3 is 10.6 Å². The van der Waals surface area contributed by atoms with Gasteiger partial charge >= 0.3 is 0 Å². The van der Waals surface area contributed by atoms with E-state index in [0.717, 1.165) is 28.3 Å². The molecule has 3 aromatic heterocycles. The lowest BCUT2D eigenvalue weighted by atomic mass is 10.2. The van der Waals surface area contributed by atoms with Gasteiger partial charge in [0.2, 0.25) is 5.82 Å². The van der Waals surface area contributed by atoms with Crippen LogP contribution >= 0.6 is 0 Å². The Bertz CT molecular complexity index is 1230. The van der Waals surface area contributed by atoms with E-state index in [1.807, 2.05) is 52.0 Å². The summed E-state index contributed by atoms with van der Waals surface area (Å²) in [6, 6.07) is 12.7. The molecule has 9 nitrogen and oxygen atoms in total. The first-order chi connectivity index (χ1) is 14.9. The number of aromatic nitrogens is 6. The predicted octanol–water partition coefficient (Wildman–Crippen LogP) is 3.68. The van der Waals surface area contributed by atoms with Gasteiger partial charge in [0.15, 0.2) is 11.6 Å². The summed E-state index contributed by atoms with van der Waals surface area (Å²) in [5.74, 6) is 1.04. The number of carbonyl (C=O) groups is 1. The fourth-order valence-corrected chi connectivity index (χ4v) is 2.98. The zero-order valence-corrected chi connectivity index (χ0v) is 17.7. The van der Waals surface area contributed by atoms with Crippen molar-refractivity contribution in [1.82, 2.24) is 29.9 Å². The van der Waals surface area contributed by atoms with Gasteiger partial charge in [-0.15, -0.1) is 10.2 Å². The molecule has 0 aliphatic carbocycles. The zero-order chi connectivity index (χ0) is 22.0. The third kappa shape index (κ3) is 4.40. The van der Waals surface area contributed by atoms with Crippen molar-refractivity contribution in [3.05, 3.63) is 77.1 Å². The number of benzene rings is 1. The maximum Gasteiger partial charge on any atom is 0.293 e. The quantitative estimate of drug-likeness (QED) is 0.512. The second-order valence-corrected chi connectivity index (χ2v) is 7.16. The number of rotatable bonds is 5. The maximum atomic E-state index is 12.3. The Morgan fingerprint density at radius 3 is 2.26 bits per heavy atom. The summed E-state index contributed by atoms with van der Waals surface area (Å²) in [5.41, 5.74) is 5.35. The van der Waals surface area contributed by atoms with Gasteiger partial charge in [-0.1, -0.05) is 0 Å². The van der Waals surface area contributed by atoms with Gasteiger partial charge in [-0.2, -0.15) is 5.10 Å². The summed E-state index contributed by atoms with van der Waals surface area (Å²) in [7, 11) is 0. The minimum absolute atomic E-state index is 0.135. The van der Waals surface area contributed by atoms with E-state index in [1.165, 1.54) is 0 Å². The first kappa shape index (κ1) is 20.1. The Balaban J connectivity index is 1.42. The fourth-order valence-electron chi connectivity index (χ4n) is 2.98. The second kappa shape index (κ2) is 8.31. The van der Waals surface area contributed by atoms with Crippen LogP contribution in [-0.4, -0.2) is 35.9 Å². The van der Waals surface area contributed by atoms with Gasteiger partial charge in [0.05, 0.1) is 5.69 Å². The molecule has 4 rings (SSSR count). The van der Waals surface area contributed by atoms with Crippen molar-refractivity contribution in [3.63, 3.8) is 0 Å². The summed E-state index contributed by atoms with van der Waals surface area (Å²) in [4.78, 5) is 20.4. The third-order valence-electron chi connectivity index (χ3n) is 4.93. The largest absolute Gasteiger partial charge is 0.339 e. The van der Waals surface area contributed by atoms with Crippen molar-refractivity contribution in [3.8, 4) is 5.82 Å². The molecule has 3 heterocycles. The fraction of sp³-hybridized carbons (Fsp3) is 0.182. The number of carbonyl (C=O) groups excluding carboxylic acids is 1. The molecule has 156 valence electrons. The molecular weight excluding hydrogens is 392 g/mol. The van der Waals surface area contributed by atoms with E-state index in [4.69, 9.17) is 0 Å². The Morgan fingerprint density at radius 2 is 1.65 bits per heavy atom. The highest BCUT2D eigenvalue weighted by molar-refractivity contribution is 6.01. The monoisotopic (exact) mass is 414 g/mol. The maximum absolute atomic E-state index is 12.3. The molecule has 0 bridgehead atoms. The SMILES string of the molecule is Cc1ccnc(C(=O)Nc2ccc(Nc3ccc(-n4nc(C)c(C)c4C)nn3)cc2)n1. The van der Waals surface area contributed by atoms with Crippen LogP contribution in [0.5, 0.6) is 0 Å². The molecule has 0 fully saturated rings. The van der Waals surface area contributed by atoms with Gasteiger partial charge in [0.25, 0.3) is 5.91 Å². The summed E-state index contributed by atoms with van der Waals surface area (Å²) < 4.78 is 1.79. The summed E-state index contributed by atoms with van der Waals surface area (Å²) >= 11 is 0. The lowest BCUT2D eigenvalue weighted by molar-refractivity contribution is 0.101. The molecule has 0 aliphatic rings. The molecule has 2 N–H and O–H groups in total. The molecule has 0 spiro atoms. The zero-order valence-electron chi connectivity index (χ0n) is 17.7. The molecule has 0 unspecified atom stereocenters. The molecule has 1 aromatic carbocycles. The normalized spacial score (nSPS) is 10.7. The van der Waals surface area contributed by atoms with E-state index in [-0.39, 0.29) is 11.7 Å². The number of nitrogens with zero attached hydrogens (tertiary/aromatic N) is 6. The number of aryl methyl sites for hydroxylation is 2. The van der Waals surface area contributed by atoms with Crippen LogP contribution in [0, 0.1) is 27.7 Å². The molecule has 0 atom stereocenters. The first-order valence-electron chi connectivity index (χ1n) is 9.76. The minimum Gasteiger partial charge on any atom is -0.339 e. The van der Waals surface area contributed by atoms with Crippen molar-refractivity contribution in [2.24, 2.45) is 0 Å². The van der Waals surface area contributed by atoms with E-state index < -0.39 is 0 Å². The smallest absolute Gasteiger partial charge is 0.293 e. The highest BCUT2D eigenvalue weighted by Gasteiger charge is 2.11. The van der Waals surface area contributed by atoms with Gasteiger partial charge in [0, 0.05) is 29.0 Å². The van der Waals surface area contributed by atoms with Crippen molar-refractivity contribution in [1.29, 1.82) is 0 Å². The molecule has 0 aliphatic heterocycles. The van der Waals surface area contributed by atoms with Crippen molar-refractivity contribution < 1.29 is 4.79 Å². The number of hydrogen-bond acceptors (Lipinski definition) is 7. The first-order valence-corrected chi connectivity index (χ1v) is 9.76. The van der Waals surface area contributed by atoms with Crippen LogP contribution < -0.4 is 10.6 Å². The van der Waals surface area contributed by atoms with Crippen LogP contribution in [0.4, 0.5) is 17.2 Å². The molecule has 31 heavy (non-hydrogen) atoms. The second-order valence-electron chi connectivity index (χ2n) is 7.16. The van der Waals surface area contributed by atoms with Crippen molar-refractivity contribution in [2.75, 3.05) is 10.6 Å². The van der Waals surface area contributed by atoms with Crippen molar-refractivity contribution in [2.45, 2.75) is 27.7 Å². The number of anilines is 3. The Labute approximate surface area is 179 Å². The van der Waals surface area contributed by atoms with Crippen LogP contribution in [0.25, 0.3) is 5.82 Å². The number of hydrogen-bond donors (Lipinski definition) is 2. The Hall–Kier alpha value is -4.14. The lowest BCUT2D eigenvalue weighted by Gasteiger charge is -2.08. The molecule has 0 saturated heterocycles. The van der Waals surface area contributed by atoms with Crippen LogP contribution in [0.15, 0.2) is 48.7 Å². The topological polar surface area (TPSA) is 111 Å². The van der Waals surface area contributed by atoms with Gasteiger partial charge in [-0.3, -0.25) is 4.79 Å². The summed E-state index contributed by atoms with van der Waals surface area (Å²) in [5, 5.41) is 19.0. The average molecular weight is 414 g/mol. The predicted molar refractivity (Wildman–Crippen MR) is 118 cm³/mol. The third-order valence-corrected chi connectivity index (χ3v) is 4.93. The van der Waals surface area contributed by atoms with Crippen molar-refractivity contribution >= 4 is 23.1 Å². The standard InChI is InChI=1S/C22H22N8O/c1-13-11-12-23-21(24-13)22(31)26-18-7-5-17(6-8-18)25-19-9-10-20(28-27-19)30-16(4)14(2)15(3)29-30/h5-12H,1-4H3,(H,25,27)(H,26,31). The molecule has 1 amide bonds. The Morgan fingerprint density at radius 1 is 0.903 bits per heavy atom. The Kier molecular flexibility index (Phi) is 5.40. The molecular formula is C22H22N8O. The number of nitrogens with one attached hydrogen (secondary N) is 2.